The third kappa shape index (κ3) is 4.15. The van der Waals surface area contributed by atoms with Crippen molar-refractivity contribution in [2.24, 2.45) is 34.5 Å². The molecule has 166 valence electrons. The highest BCUT2D eigenvalue weighted by molar-refractivity contribution is 5.83. The third-order valence-electron chi connectivity index (χ3n) is 8.73. The molecule has 0 spiro atoms. The van der Waals surface area contributed by atoms with E-state index in [1.54, 1.807) is 6.08 Å². The molecular formula is C24H41NO4. The molecule has 1 unspecified atom stereocenters. The van der Waals surface area contributed by atoms with Gasteiger partial charge in [0.25, 0.3) is 0 Å². The van der Waals surface area contributed by atoms with E-state index in [4.69, 9.17) is 4.74 Å². The van der Waals surface area contributed by atoms with E-state index < -0.39 is 0 Å². The first-order valence-electron chi connectivity index (χ1n) is 11.4. The van der Waals surface area contributed by atoms with E-state index in [0.29, 0.717) is 18.4 Å². The molecule has 0 aromatic heterocycles. The van der Waals surface area contributed by atoms with Crippen molar-refractivity contribution in [2.75, 3.05) is 27.2 Å². The number of carbonyl (C=O) groups excluding carboxylic acids is 1. The molecule has 3 aliphatic carbocycles. The Labute approximate surface area is 176 Å². The van der Waals surface area contributed by atoms with Gasteiger partial charge in [-0.2, -0.15) is 0 Å². The highest BCUT2D eigenvalue weighted by Crippen LogP contribution is 2.64. The average molecular weight is 408 g/mol. The maximum Gasteiger partial charge on any atom is 0.330 e. The molecule has 5 heteroatoms. The number of esters is 1. The summed E-state index contributed by atoms with van der Waals surface area (Å²) in [5.41, 5.74) is 1.09. The highest BCUT2D eigenvalue weighted by Gasteiger charge is 2.60. The van der Waals surface area contributed by atoms with Gasteiger partial charge in [-0.15, -0.1) is 0 Å². The van der Waals surface area contributed by atoms with Crippen molar-refractivity contribution in [3.05, 3.63) is 11.6 Å². The van der Waals surface area contributed by atoms with Crippen LogP contribution in [0, 0.1) is 34.5 Å². The van der Waals surface area contributed by atoms with Crippen molar-refractivity contribution >= 4 is 5.97 Å². The van der Waals surface area contributed by atoms with Crippen molar-refractivity contribution < 1.29 is 19.7 Å². The number of nitrogens with zero attached hydrogens (tertiary/aromatic N) is 1. The number of carbonyl (C=O) groups is 1. The van der Waals surface area contributed by atoms with Crippen molar-refractivity contribution in [1.29, 1.82) is 0 Å². The second kappa shape index (κ2) is 8.32. The second-order valence-electron chi connectivity index (χ2n) is 10.9. The summed E-state index contributed by atoms with van der Waals surface area (Å²) in [5.74, 6) is 0.849. The van der Waals surface area contributed by atoms with E-state index in [0.717, 1.165) is 44.2 Å². The minimum Gasteiger partial charge on any atom is -0.461 e. The second-order valence-corrected chi connectivity index (χ2v) is 10.9. The topological polar surface area (TPSA) is 70.0 Å². The Kier molecular flexibility index (Phi) is 6.53. The van der Waals surface area contributed by atoms with Gasteiger partial charge in [0.2, 0.25) is 0 Å². The Morgan fingerprint density at radius 1 is 1.24 bits per heavy atom. The summed E-state index contributed by atoms with van der Waals surface area (Å²) >= 11 is 0. The van der Waals surface area contributed by atoms with Gasteiger partial charge in [0.15, 0.2) is 0 Å². The van der Waals surface area contributed by atoms with Crippen LogP contribution in [0.4, 0.5) is 0 Å². The Balaban J connectivity index is 1.77. The van der Waals surface area contributed by atoms with Crippen LogP contribution < -0.4 is 0 Å². The minimum absolute atomic E-state index is 0.138. The molecule has 0 aliphatic heterocycles. The van der Waals surface area contributed by atoms with Gasteiger partial charge in [0, 0.05) is 12.6 Å². The summed E-state index contributed by atoms with van der Waals surface area (Å²) in [7, 11) is 3.92. The summed E-state index contributed by atoms with van der Waals surface area (Å²) < 4.78 is 5.36. The van der Waals surface area contributed by atoms with Crippen LogP contribution in [0.3, 0.4) is 0 Å². The number of hydrogen-bond donors (Lipinski definition) is 2. The van der Waals surface area contributed by atoms with Gasteiger partial charge in [-0.25, -0.2) is 4.79 Å². The van der Waals surface area contributed by atoms with E-state index in [-0.39, 0.29) is 40.8 Å². The monoisotopic (exact) mass is 407 g/mol. The lowest BCUT2D eigenvalue weighted by Gasteiger charge is -2.64. The average Bonchev–Trinajstić information content (AvgIpc) is 2.63. The number of aliphatic hydroxyl groups is 2. The van der Waals surface area contributed by atoms with E-state index in [1.165, 1.54) is 0 Å². The number of aliphatic hydroxyl groups excluding tert-OH is 2. The van der Waals surface area contributed by atoms with Gasteiger partial charge < -0.3 is 19.8 Å². The molecule has 0 amide bonds. The van der Waals surface area contributed by atoms with E-state index in [9.17, 15) is 15.0 Å². The number of rotatable bonds is 4. The fraction of sp³-hybridized carbons (Fsp3) is 0.875. The number of hydrogen-bond acceptors (Lipinski definition) is 5. The minimum atomic E-state index is -0.383. The van der Waals surface area contributed by atoms with Gasteiger partial charge >= 0.3 is 5.97 Å². The van der Waals surface area contributed by atoms with Gasteiger partial charge in [-0.1, -0.05) is 33.3 Å². The van der Waals surface area contributed by atoms with Gasteiger partial charge in [0.1, 0.15) is 6.61 Å². The Morgan fingerprint density at radius 3 is 2.59 bits per heavy atom. The molecule has 3 fully saturated rings. The molecule has 2 N–H and O–H groups in total. The fourth-order valence-corrected chi connectivity index (χ4v) is 6.93. The Bertz CT molecular complexity index is 643. The Morgan fingerprint density at radius 2 is 1.93 bits per heavy atom. The standard InChI is InChI=1S/C24H41NO4/c1-15-16(13-21(28)29-12-11-25(5)6)7-8-17-22(15)18(26)14-19-23(2,3)20(27)9-10-24(17,19)4/h13,15,17-20,22,26-27H,7-12,14H2,1-6H3/b16-13+/t15-,17?,18-,19-,20-,22-,24+/m0/s1. The molecular weight excluding hydrogens is 366 g/mol. The summed E-state index contributed by atoms with van der Waals surface area (Å²) in [6, 6.07) is 0. The zero-order valence-electron chi connectivity index (χ0n) is 19.1. The Hall–Kier alpha value is -0.910. The maximum absolute atomic E-state index is 12.3. The highest BCUT2D eigenvalue weighted by atomic mass is 16.5. The molecule has 5 nitrogen and oxygen atoms in total. The zero-order chi connectivity index (χ0) is 21.6. The lowest BCUT2D eigenvalue weighted by Crippen LogP contribution is -2.61. The third-order valence-corrected chi connectivity index (χ3v) is 8.73. The van der Waals surface area contributed by atoms with Gasteiger partial charge in [0.05, 0.1) is 12.2 Å². The maximum atomic E-state index is 12.3. The van der Waals surface area contributed by atoms with Crippen LogP contribution >= 0.6 is 0 Å². The number of allylic oxidation sites excluding steroid dienone is 1. The SMILES string of the molecule is C[C@H]1/C(=C/C(=O)OCCN(C)C)CCC2[C@H]1[C@@H](O)C[C@H]1C(C)(C)[C@@H](O)CC[C@]21C. The number of ether oxygens (including phenoxy) is 1. The van der Waals surface area contributed by atoms with E-state index in [1.807, 2.05) is 19.0 Å². The molecule has 3 rings (SSSR count). The molecule has 0 heterocycles. The smallest absolute Gasteiger partial charge is 0.330 e. The summed E-state index contributed by atoms with van der Waals surface area (Å²) in [6.07, 6.45) is 5.51. The quantitative estimate of drug-likeness (QED) is 0.553. The summed E-state index contributed by atoms with van der Waals surface area (Å²) in [4.78, 5) is 14.3. The predicted octanol–water partition coefficient (Wildman–Crippen LogP) is 3.25. The fourth-order valence-electron chi connectivity index (χ4n) is 6.93. The summed E-state index contributed by atoms with van der Waals surface area (Å²) in [5, 5.41) is 21.8. The molecule has 0 radical (unpaired) electrons. The van der Waals surface area contributed by atoms with Crippen LogP contribution in [-0.2, 0) is 9.53 Å². The number of likely N-dealkylation sites (N-methyl/N-ethyl adjacent to an activating group) is 1. The molecule has 29 heavy (non-hydrogen) atoms. The van der Waals surface area contributed by atoms with Crippen LogP contribution in [0.25, 0.3) is 0 Å². The van der Waals surface area contributed by atoms with Gasteiger partial charge in [-0.3, -0.25) is 0 Å². The first-order valence-corrected chi connectivity index (χ1v) is 11.4. The van der Waals surface area contributed by atoms with Gasteiger partial charge in [-0.05, 0) is 80.7 Å². The van der Waals surface area contributed by atoms with Crippen LogP contribution in [0.1, 0.15) is 59.8 Å². The zero-order valence-corrected chi connectivity index (χ0v) is 19.1. The first kappa shape index (κ1) is 22.8. The molecule has 7 atom stereocenters. The number of fused-ring (bicyclic) bond motifs is 3. The van der Waals surface area contributed by atoms with Crippen LogP contribution in [-0.4, -0.2) is 60.5 Å². The molecule has 0 saturated heterocycles. The normalized spacial score (nSPS) is 43.0. The predicted molar refractivity (Wildman–Crippen MR) is 114 cm³/mol. The largest absolute Gasteiger partial charge is 0.461 e. The van der Waals surface area contributed by atoms with Crippen LogP contribution in [0.2, 0.25) is 0 Å². The van der Waals surface area contributed by atoms with Crippen LogP contribution in [0.5, 0.6) is 0 Å². The van der Waals surface area contributed by atoms with Crippen molar-refractivity contribution in [2.45, 2.75) is 72.0 Å². The van der Waals surface area contributed by atoms with Crippen molar-refractivity contribution in [1.82, 2.24) is 4.90 Å². The van der Waals surface area contributed by atoms with E-state index in [2.05, 4.69) is 27.7 Å². The molecule has 0 aromatic carbocycles. The molecule has 3 aliphatic rings. The van der Waals surface area contributed by atoms with Crippen molar-refractivity contribution in [3.8, 4) is 0 Å². The first-order chi connectivity index (χ1) is 13.5. The molecule has 0 aromatic rings. The van der Waals surface area contributed by atoms with Crippen molar-refractivity contribution in [3.63, 3.8) is 0 Å². The lowest BCUT2D eigenvalue weighted by atomic mass is 9.42. The molecule has 3 saturated carbocycles. The lowest BCUT2D eigenvalue weighted by molar-refractivity contribution is -0.190. The molecule has 0 bridgehead atoms. The van der Waals surface area contributed by atoms with Crippen LogP contribution in [0.15, 0.2) is 11.6 Å². The van der Waals surface area contributed by atoms with E-state index >= 15 is 0 Å². The summed E-state index contributed by atoms with van der Waals surface area (Å²) in [6.45, 7) is 10.0.